The summed E-state index contributed by atoms with van der Waals surface area (Å²) in [6, 6.07) is 6.77. The normalized spacial score (nSPS) is 19.7. The van der Waals surface area contributed by atoms with E-state index in [1.54, 1.807) is 24.3 Å². The van der Waals surface area contributed by atoms with E-state index in [-0.39, 0.29) is 17.7 Å². The second-order valence-electron chi connectivity index (χ2n) is 3.81. The van der Waals surface area contributed by atoms with Gasteiger partial charge >= 0.3 is 0 Å². The lowest BCUT2D eigenvalue weighted by atomic mass is 10.3. The Morgan fingerprint density at radius 2 is 2.06 bits per heavy atom. The fourth-order valence-corrected chi connectivity index (χ4v) is 3.75. The van der Waals surface area contributed by atoms with Crippen LogP contribution in [0.1, 0.15) is 6.42 Å². The SMILES string of the molecule is COc1ccccc1S(=O)(=O)C1CCNC1.Cl. The minimum Gasteiger partial charge on any atom is -0.495 e. The Balaban J connectivity index is 0.00000144. The van der Waals surface area contributed by atoms with Gasteiger partial charge in [-0.1, -0.05) is 12.1 Å². The van der Waals surface area contributed by atoms with Crippen LogP contribution in [0.3, 0.4) is 0 Å². The molecular formula is C11H16ClNO3S. The largest absolute Gasteiger partial charge is 0.495 e. The van der Waals surface area contributed by atoms with Gasteiger partial charge in [-0.05, 0) is 25.1 Å². The summed E-state index contributed by atoms with van der Waals surface area (Å²) in [5.41, 5.74) is 0. The van der Waals surface area contributed by atoms with Crippen LogP contribution in [0, 0.1) is 0 Å². The lowest BCUT2D eigenvalue weighted by Crippen LogP contribution is -2.24. The molecular weight excluding hydrogens is 262 g/mol. The highest BCUT2D eigenvalue weighted by Gasteiger charge is 2.32. The Morgan fingerprint density at radius 1 is 1.35 bits per heavy atom. The number of benzene rings is 1. The highest BCUT2D eigenvalue weighted by molar-refractivity contribution is 7.92. The Labute approximate surface area is 108 Å². The third-order valence-electron chi connectivity index (χ3n) is 2.83. The van der Waals surface area contributed by atoms with E-state index in [1.165, 1.54) is 7.11 Å². The molecule has 1 saturated heterocycles. The molecule has 1 atom stereocenters. The number of nitrogens with one attached hydrogen (secondary N) is 1. The van der Waals surface area contributed by atoms with Crippen LogP contribution < -0.4 is 10.1 Å². The molecule has 17 heavy (non-hydrogen) atoms. The van der Waals surface area contributed by atoms with Gasteiger partial charge < -0.3 is 10.1 Å². The van der Waals surface area contributed by atoms with E-state index in [4.69, 9.17) is 4.74 Å². The zero-order valence-electron chi connectivity index (χ0n) is 9.55. The molecule has 2 rings (SSSR count). The number of hydrogen-bond donors (Lipinski definition) is 1. The van der Waals surface area contributed by atoms with Crippen molar-refractivity contribution in [3.63, 3.8) is 0 Å². The van der Waals surface area contributed by atoms with Crippen LogP contribution in [0.4, 0.5) is 0 Å². The summed E-state index contributed by atoms with van der Waals surface area (Å²) >= 11 is 0. The van der Waals surface area contributed by atoms with Crippen LogP contribution in [0.5, 0.6) is 5.75 Å². The summed E-state index contributed by atoms with van der Waals surface area (Å²) in [5, 5.41) is 2.74. The maximum Gasteiger partial charge on any atom is 0.186 e. The topological polar surface area (TPSA) is 55.4 Å². The third kappa shape index (κ3) is 2.73. The van der Waals surface area contributed by atoms with Gasteiger partial charge in [0.05, 0.1) is 12.4 Å². The van der Waals surface area contributed by atoms with Crippen molar-refractivity contribution >= 4 is 22.2 Å². The predicted molar refractivity (Wildman–Crippen MR) is 68.7 cm³/mol. The van der Waals surface area contributed by atoms with Gasteiger partial charge in [0.25, 0.3) is 0 Å². The summed E-state index contributed by atoms with van der Waals surface area (Å²) < 4.78 is 29.7. The fraction of sp³-hybridized carbons (Fsp3) is 0.455. The van der Waals surface area contributed by atoms with Crippen LogP contribution >= 0.6 is 12.4 Å². The number of sulfone groups is 1. The quantitative estimate of drug-likeness (QED) is 0.904. The molecule has 1 unspecified atom stereocenters. The maximum absolute atomic E-state index is 12.3. The van der Waals surface area contributed by atoms with E-state index in [2.05, 4.69) is 5.32 Å². The summed E-state index contributed by atoms with van der Waals surface area (Å²) in [6.07, 6.45) is 0.667. The van der Waals surface area contributed by atoms with Crippen molar-refractivity contribution < 1.29 is 13.2 Å². The number of hydrogen-bond acceptors (Lipinski definition) is 4. The van der Waals surface area contributed by atoms with Crippen molar-refractivity contribution in [2.24, 2.45) is 0 Å². The Kier molecular flexibility index (Phi) is 4.80. The molecule has 1 aromatic carbocycles. The molecule has 4 nitrogen and oxygen atoms in total. The second kappa shape index (κ2) is 5.71. The van der Waals surface area contributed by atoms with Gasteiger partial charge in [-0.2, -0.15) is 0 Å². The molecule has 6 heteroatoms. The van der Waals surface area contributed by atoms with Crippen molar-refractivity contribution in [2.45, 2.75) is 16.6 Å². The Hall–Kier alpha value is -0.780. The van der Waals surface area contributed by atoms with Crippen molar-refractivity contribution in [3.05, 3.63) is 24.3 Å². The van der Waals surface area contributed by atoms with Crippen molar-refractivity contribution in [1.82, 2.24) is 5.32 Å². The summed E-state index contributed by atoms with van der Waals surface area (Å²) in [5.74, 6) is 0.425. The van der Waals surface area contributed by atoms with Crippen LogP contribution in [-0.2, 0) is 9.84 Å². The van der Waals surface area contributed by atoms with Gasteiger partial charge in [-0.25, -0.2) is 8.42 Å². The lowest BCUT2D eigenvalue weighted by Gasteiger charge is -2.13. The monoisotopic (exact) mass is 277 g/mol. The first-order chi connectivity index (χ1) is 7.66. The standard InChI is InChI=1S/C11H15NO3S.ClH/c1-15-10-4-2-3-5-11(10)16(13,14)9-6-7-12-8-9;/h2-5,9,12H,6-8H2,1H3;1H. The van der Waals surface area contributed by atoms with E-state index in [0.29, 0.717) is 23.6 Å². The fourth-order valence-electron chi connectivity index (χ4n) is 1.93. The molecule has 0 radical (unpaired) electrons. The van der Waals surface area contributed by atoms with Crippen molar-refractivity contribution in [1.29, 1.82) is 0 Å². The molecule has 0 aromatic heterocycles. The molecule has 0 amide bonds. The van der Waals surface area contributed by atoms with Crippen LogP contribution in [0.2, 0.25) is 0 Å². The molecule has 1 N–H and O–H groups in total. The minimum absolute atomic E-state index is 0. The van der Waals surface area contributed by atoms with Gasteiger partial charge in [0.1, 0.15) is 10.6 Å². The van der Waals surface area contributed by atoms with Gasteiger partial charge in [0.2, 0.25) is 0 Å². The molecule has 1 aromatic rings. The average Bonchev–Trinajstić information content (AvgIpc) is 2.83. The molecule has 0 bridgehead atoms. The van der Waals surface area contributed by atoms with Crippen LogP contribution in [-0.4, -0.2) is 33.9 Å². The molecule has 0 aliphatic carbocycles. The molecule has 1 aliphatic heterocycles. The summed E-state index contributed by atoms with van der Waals surface area (Å²) in [4.78, 5) is 0.297. The number of rotatable bonds is 3. The molecule has 1 aliphatic rings. The highest BCUT2D eigenvalue weighted by atomic mass is 35.5. The van der Waals surface area contributed by atoms with Gasteiger partial charge in [0, 0.05) is 6.54 Å². The predicted octanol–water partition coefficient (Wildman–Crippen LogP) is 1.25. The van der Waals surface area contributed by atoms with Gasteiger partial charge in [-0.3, -0.25) is 0 Å². The maximum atomic E-state index is 12.3. The van der Waals surface area contributed by atoms with E-state index < -0.39 is 9.84 Å². The number of para-hydroxylation sites is 1. The smallest absolute Gasteiger partial charge is 0.186 e. The molecule has 0 spiro atoms. The molecule has 96 valence electrons. The molecule has 1 fully saturated rings. The second-order valence-corrected chi connectivity index (χ2v) is 6.01. The van der Waals surface area contributed by atoms with E-state index in [9.17, 15) is 8.42 Å². The number of ether oxygens (including phenoxy) is 1. The zero-order valence-corrected chi connectivity index (χ0v) is 11.2. The first kappa shape index (κ1) is 14.3. The molecule has 0 saturated carbocycles. The molecule has 1 heterocycles. The lowest BCUT2D eigenvalue weighted by molar-refractivity contribution is 0.402. The first-order valence-electron chi connectivity index (χ1n) is 5.24. The highest BCUT2D eigenvalue weighted by Crippen LogP contribution is 2.28. The number of halogens is 1. The van der Waals surface area contributed by atoms with Crippen LogP contribution in [0.15, 0.2) is 29.2 Å². The first-order valence-corrected chi connectivity index (χ1v) is 6.78. The Morgan fingerprint density at radius 3 is 2.65 bits per heavy atom. The average molecular weight is 278 g/mol. The van der Waals surface area contributed by atoms with E-state index >= 15 is 0 Å². The summed E-state index contributed by atoms with van der Waals surface area (Å²) in [7, 11) is -1.78. The van der Waals surface area contributed by atoms with Crippen molar-refractivity contribution in [2.75, 3.05) is 20.2 Å². The summed E-state index contributed by atoms with van der Waals surface area (Å²) in [6.45, 7) is 1.29. The zero-order chi connectivity index (χ0) is 11.6. The van der Waals surface area contributed by atoms with Crippen LogP contribution in [0.25, 0.3) is 0 Å². The minimum atomic E-state index is -3.27. The Bertz CT molecular complexity index is 469. The van der Waals surface area contributed by atoms with Gasteiger partial charge in [-0.15, -0.1) is 12.4 Å². The van der Waals surface area contributed by atoms with Gasteiger partial charge in [0.15, 0.2) is 9.84 Å². The van der Waals surface area contributed by atoms with E-state index in [1.807, 2.05) is 0 Å². The third-order valence-corrected chi connectivity index (χ3v) is 5.06. The van der Waals surface area contributed by atoms with E-state index in [0.717, 1.165) is 6.54 Å². The number of methoxy groups -OCH3 is 1. The van der Waals surface area contributed by atoms with Crippen molar-refractivity contribution in [3.8, 4) is 5.75 Å².